The zero-order valence-electron chi connectivity index (χ0n) is 8.53. The Morgan fingerprint density at radius 3 is 2.77 bits per heavy atom. The van der Waals surface area contributed by atoms with Gasteiger partial charge in [0.25, 0.3) is 0 Å². The molecule has 0 radical (unpaired) electrons. The van der Waals surface area contributed by atoms with Gasteiger partial charge in [0.05, 0.1) is 5.69 Å². The van der Waals surface area contributed by atoms with Gasteiger partial charge in [-0.3, -0.25) is 4.68 Å². The standard InChI is InChI=1S/C11H18N2/c1-9(2)11-6-7-13(12-11)8-10-4-3-5-10/h6-7,9-10H,3-5,8H2,1-2H3. The normalized spacial score (nSPS) is 17.8. The van der Waals surface area contributed by atoms with E-state index >= 15 is 0 Å². The van der Waals surface area contributed by atoms with E-state index in [1.54, 1.807) is 0 Å². The summed E-state index contributed by atoms with van der Waals surface area (Å²) in [7, 11) is 0. The molecule has 2 nitrogen and oxygen atoms in total. The summed E-state index contributed by atoms with van der Waals surface area (Å²) in [5.41, 5.74) is 1.22. The number of aromatic nitrogens is 2. The number of nitrogens with zero attached hydrogens (tertiary/aromatic N) is 2. The van der Waals surface area contributed by atoms with Crippen LogP contribution in [0.3, 0.4) is 0 Å². The summed E-state index contributed by atoms with van der Waals surface area (Å²) in [4.78, 5) is 0. The molecule has 0 spiro atoms. The molecule has 2 rings (SSSR count). The van der Waals surface area contributed by atoms with Crippen LogP contribution in [0.4, 0.5) is 0 Å². The van der Waals surface area contributed by atoms with Crippen molar-refractivity contribution in [3.63, 3.8) is 0 Å². The highest BCUT2D eigenvalue weighted by Gasteiger charge is 2.18. The molecule has 72 valence electrons. The van der Waals surface area contributed by atoms with Crippen LogP contribution in [-0.2, 0) is 6.54 Å². The van der Waals surface area contributed by atoms with Crippen molar-refractivity contribution in [1.29, 1.82) is 0 Å². The zero-order chi connectivity index (χ0) is 9.26. The molecule has 0 atom stereocenters. The summed E-state index contributed by atoms with van der Waals surface area (Å²) in [5.74, 6) is 1.46. The highest BCUT2D eigenvalue weighted by molar-refractivity contribution is 5.03. The minimum absolute atomic E-state index is 0.558. The van der Waals surface area contributed by atoms with Gasteiger partial charge < -0.3 is 0 Å². The molecule has 0 aliphatic heterocycles. The summed E-state index contributed by atoms with van der Waals surface area (Å²) in [6.07, 6.45) is 6.34. The third kappa shape index (κ3) is 1.93. The molecule has 0 unspecified atom stereocenters. The third-order valence-electron chi connectivity index (χ3n) is 2.92. The summed E-state index contributed by atoms with van der Waals surface area (Å²) < 4.78 is 2.11. The molecule has 0 amide bonds. The third-order valence-corrected chi connectivity index (χ3v) is 2.92. The van der Waals surface area contributed by atoms with Crippen LogP contribution in [0.1, 0.15) is 44.7 Å². The van der Waals surface area contributed by atoms with Gasteiger partial charge in [0.15, 0.2) is 0 Å². The maximum Gasteiger partial charge on any atom is 0.0649 e. The Kier molecular flexibility index (Phi) is 2.38. The topological polar surface area (TPSA) is 17.8 Å². The van der Waals surface area contributed by atoms with E-state index < -0.39 is 0 Å². The first-order valence-corrected chi connectivity index (χ1v) is 5.29. The van der Waals surface area contributed by atoms with Crippen molar-refractivity contribution in [3.8, 4) is 0 Å². The van der Waals surface area contributed by atoms with E-state index in [9.17, 15) is 0 Å². The van der Waals surface area contributed by atoms with Crippen LogP contribution in [0.2, 0.25) is 0 Å². The summed E-state index contributed by atoms with van der Waals surface area (Å²) in [5, 5.41) is 4.55. The molecule has 0 bridgehead atoms. The van der Waals surface area contributed by atoms with Crippen molar-refractivity contribution in [2.75, 3.05) is 0 Å². The summed E-state index contributed by atoms with van der Waals surface area (Å²) in [6, 6.07) is 2.14. The van der Waals surface area contributed by atoms with Crippen LogP contribution in [0.15, 0.2) is 12.3 Å². The van der Waals surface area contributed by atoms with E-state index in [2.05, 4.69) is 35.9 Å². The smallest absolute Gasteiger partial charge is 0.0649 e. The molecule has 1 saturated carbocycles. The quantitative estimate of drug-likeness (QED) is 0.696. The molecule has 2 heteroatoms. The van der Waals surface area contributed by atoms with E-state index in [1.807, 2.05) is 0 Å². The predicted molar refractivity (Wildman–Crippen MR) is 53.7 cm³/mol. The Balaban J connectivity index is 1.96. The predicted octanol–water partition coefficient (Wildman–Crippen LogP) is 2.81. The van der Waals surface area contributed by atoms with Crippen molar-refractivity contribution in [2.24, 2.45) is 5.92 Å². The number of rotatable bonds is 3. The Hall–Kier alpha value is -0.790. The SMILES string of the molecule is CC(C)c1ccn(CC2CCC2)n1. The molecular weight excluding hydrogens is 160 g/mol. The molecule has 0 saturated heterocycles. The molecule has 0 N–H and O–H groups in total. The van der Waals surface area contributed by atoms with E-state index in [0.717, 1.165) is 12.5 Å². The Bertz CT molecular complexity index is 271. The second kappa shape index (κ2) is 3.52. The van der Waals surface area contributed by atoms with Crippen LogP contribution in [0, 0.1) is 5.92 Å². The molecule has 1 aromatic rings. The Morgan fingerprint density at radius 2 is 2.31 bits per heavy atom. The fraction of sp³-hybridized carbons (Fsp3) is 0.727. The molecular formula is C11H18N2. The van der Waals surface area contributed by atoms with Crippen LogP contribution in [0.5, 0.6) is 0 Å². The summed E-state index contributed by atoms with van der Waals surface area (Å²) in [6.45, 7) is 5.51. The Morgan fingerprint density at radius 1 is 1.54 bits per heavy atom. The summed E-state index contributed by atoms with van der Waals surface area (Å²) >= 11 is 0. The van der Waals surface area contributed by atoms with Crippen molar-refractivity contribution < 1.29 is 0 Å². The fourth-order valence-electron chi connectivity index (χ4n) is 1.73. The van der Waals surface area contributed by atoms with Crippen LogP contribution >= 0.6 is 0 Å². The molecule has 1 fully saturated rings. The van der Waals surface area contributed by atoms with Crippen molar-refractivity contribution >= 4 is 0 Å². The highest BCUT2D eigenvalue weighted by Crippen LogP contribution is 2.27. The van der Waals surface area contributed by atoms with E-state index in [4.69, 9.17) is 0 Å². The second-order valence-corrected chi connectivity index (χ2v) is 4.41. The Labute approximate surface area is 80.0 Å². The van der Waals surface area contributed by atoms with Gasteiger partial charge in [-0.25, -0.2) is 0 Å². The van der Waals surface area contributed by atoms with Gasteiger partial charge >= 0.3 is 0 Å². The first-order chi connectivity index (χ1) is 6.25. The van der Waals surface area contributed by atoms with Gasteiger partial charge in [-0.05, 0) is 30.7 Å². The van der Waals surface area contributed by atoms with Crippen molar-refractivity contribution in [1.82, 2.24) is 9.78 Å². The average molecular weight is 178 g/mol. The average Bonchev–Trinajstić information content (AvgIpc) is 2.44. The van der Waals surface area contributed by atoms with Gasteiger partial charge in [0.2, 0.25) is 0 Å². The largest absolute Gasteiger partial charge is 0.272 e. The monoisotopic (exact) mass is 178 g/mol. The van der Waals surface area contributed by atoms with Crippen LogP contribution < -0.4 is 0 Å². The maximum absolute atomic E-state index is 4.55. The lowest BCUT2D eigenvalue weighted by molar-refractivity contribution is 0.266. The van der Waals surface area contributed by atoms with Gasteiger partial charge in [0, 0.05) is 12.7 Å². The second-order valence-electron chi connectivity index (χ2n) is 4.41. The zero-order valence-corrected chi connectivity index (χ0v) is 8.53. The molecule has 1 heterocycles. The fourth-order valence-corrected chi connectivity index (χ4v) is 1.73. The van der Waals surface area contributed by atoms with Crippen molar-refractivity contribution in [2.45, 2.75) is 45.6 Å². The van der Waals surface area contributed by atoms with E-state index in [0.29, 0.717) is 5.92 Å². The lowest BCUT2D eigenvalue weighted by atomic mass is 9.85. The van der Waals surface area contributed by atoms with Crippen LogP contribution in [0.25, 0.3) is 0 Å². The molecule has 13 heavy (non-hydrogen) atoms. The van der Waals surface area contributed by atoms with Crippen LogP contribution in [-0.4, -0.2) is 9.78 Å². The first kappa shape index (κ1) is 8.79. The lowest BCUT2D eigenvalue weighted by Crippen LogP contribution is -2.18. The molecule has 1 aliphatic rings. The first-order valence-electron chi connectivity index (χ1n) is 5.29. The van der Waals surface area contributed by atoms with Crippen molar-refractivity contribution in [3.05, 3.63) is 18.0 Å². The lowest BCUT2D eigenvalue weighted by Gasteiger charge is -2.24. The molecule has 1 aliphatic carbocycles. The van der Waals surface area contributed by atoms with Gasteiger partial charge in [-0.1, -0.05) is 20.3 Å². The van der Waals surface area contributed by atoms with Gasteiger partial charge in [-0.2, -0.15) is 5.10 Å². The van der Waals surface area contributed by atoms with E-state index in [-0.39, 0.29) is 0 Å². The molecule has 1 aromatic heterocycles. The van der Waals surface area contributed by atoms with E-state index in [1.165, 1.54) is 25.0 Å². The van der Waals surface area contributed by atoms with Gasteiger partial charge in [0.1, 0.15) is 0 Å². The minimum Gasteiger partial charge on any atom is -0.272 e. The number of hydrogen-bond donors (Lipinski definition) is 0. The van der Waals surface area contributed by atoms with Gasteiger partial charge in [-0.15, -0.1) is 0 Å². The highest BCUT2D eigenvalue weighted by atomic mass is 15.3. The minimum atomic E-state index is 0.558. The number of hydrogen-bond acceptors (Lipinski definition) is 1. The maximum atomic E-state index is 4.55. The molecule has 0 aromatic carbocycles.